The molecule has 2 aromatic rings. The number of hydrogen-bond donors (Lipinski definition) is 1. The molecule has 1 heterocycles. The van der Waals surface area contributed by atoms with Crippen LogP contribution in [0.4, 0.5) is 0 Å². The summed E-state index contributed by atoms with van der Waals surface area (Å²) in [6, 6.07) is 12.4. The molecular formula is C26H36N2O3. The summed E-state index contributed by atoms with van der Waals surface area (Å²) < 4.78 is 10.6. The van der Waals surface area contributed by atoms with Crippen LogP contribution in [0.1, 0.15) is 47.9 Å². The maximum absolute atomic E-state index is 12.4. The molecule has 1 saturated heterocycles. The van der Waals surface area contributed by atoms with Crippen LogP contribution in [-0.2, 0) is 17.9 Å². The van der Waals surface area contributed by atoms with Gasteiger partial charge in [-0.3, -0.25) is 9.69 Å². The standard InChI is InChI=1S/C26H36N2O3/c1-19-7-8-20(2)23(14-19)18-28-13-5-6-21(17-28)9-12-26(29)27-16-22-10-11-24(30-3)15-25(22)31-4/h7-8,10-11,14-15,21H,5-6,9,12-13,16-18H2,1-4H3,(H,27,29). The molecule has 31 heavy (non-hydrogen) atoms. The van der Waals surface area contributed by atoms with E-state index in [4.69, 9.17) is 9.47 Å². The number of piperidine rings is 1. The maximum Gasteiger partial charge on any atom is 0.220 e. The highest BCUT2D eigenvalue weighted by Gasteiger charge is 2.21. The molecule has 3 rings (SSSR count). The van der Waals surface area contributed by atoms with Gasteiger partial charge in [0.25, 0.3) is 0 Å². The summed E-state index contributed by atoms with van der Waals surface area (Å²) in [7, 11) is 3.26. The number of aryl methyl sites for hydroxylation is 2. The van der Waals surface area contributed by atoms with Crippen LogP contribution in [0.15, 0.2) is 36.4 Å². The number of rotatable bonds is 9. The van der Waals surface area contributed by atoms with Crippen molar-refractivity contribution in [3.8, 4) is 11.5 Å². The Hall–Kier alpha value is -2.53. The Morgan fingerprint density at radius 1 is 1.10 bits per heavy atom. The van der Waals surface area contributed by atoms with Gasteiger partial charge >= 0.3 is 0 Å². The van der Waals surface area contributed by atoms with Gasteiger partial charge in [0.1, 0.15) is 11.5 Å². The number of ether oxygens (including phenoxy) is 2. The summed E-state index contributed by atoms with van der Waals surface area (Å²) in [5.74, 6) is 2.16. The average Bonchev–Trinajstić information content (AvgIpc) is 2.78. The summed E-state index contributed by atoms with van der Waals surface area (Å²) in [6.07, 6.45) is 3.93. The summed E-state index contributed by atoms with van der Waals surface area (Å²) in [5.41, 5.74) is 5.06. The van der Waals surface area contributed by atoms with E-state index in [1.54, 1.807) is 14.2 Å². The number of amides is 1. The van der Waals surface area contributed by atoms with Crippen LogP contribution in [0.25, 0.3) is 0 Å². The third-order valence-electron chi connectivity index (χ3n) is 6.25. The lowest BCUT2D eigenvalue weighted by Crippen LogP contribution is -2.35. The normalized spacial score (nSPS) is 16.7. The molecule has 1 aliphatic rings. The Morgan fingerprint density at radius 2 is 1.94 bits per heavy atom. The SMILES string of the molecule is COc1ccc(CNC(=O)CCC2CCCN(Cc3cc(C)ccc3C)C2)c(OC)c1. The van der Waals surface area contributed by atoms with Gasteiger partial charge in [-0.1, -0.05) is 23.8 Å². The van der Waals surface area contributed by atoms with E-state index < -0.39 is 0 Å². The molecule has 5 heteroatoms. The number of nitrogens with zero attached hydrogens (tertiary/aromatic N) is 1. The lowest BCUT2D eigenvalue weighted by Gasteiger charge is -2.33. The number of hydrogen-bond acceptors (Lipinski definition) is 4. The Morgan fingerprint density at radius 3 is 2.71 bits per heavy atom. The van der Waals surface area contributed by atoms with Crippen molar-refractivity contribution >= 4 is 5.91 Å². The molecule has 0 bridgehead atoms. The third-order valence-corrected chi connectivity index (χ3v) is 6.25. The van der Waals surface area contributed by atoms with Crippen LogP contribution in [0, 0.1) is 19.8 Å². The van der Waals surface area contributed by atoms with Gasteiger partial charge in [0.05, 0.1) is 14.2 Å². The number of benzene rings is 2. The largest absolute Gasteiger partial charge is 0.497 e. The van der Waals surface area contributed by atoms with E-state index >= 15 is 0 Å². The summed E-state index contributed by atoms with van der Waals surface area (Å²) in [5, 5.41) is 3.04. The zero-order valence-corrected chi connectivity index (χ0v) is 19.4. The molecule has 0 saturated carbocycles. The van der Waals surface area contributed by atoms with E-state index in [0.29, 0.717) is 18.9 Å². The lowest BCUT2D eigenvalue weighted by atomic mass is 9.92. The molecule has 0 spiro atoms. The van der Waals surface area contributed by atoms with Gasteiger partial charge < -0.3 is 14.8 Å². The molecule has 5 nitrogen and oxygen atoms in total. The van der Waals surface area contributed by atoms with Crippen LogP contribution >= 0.6 is 0 Å². The van der Waals surface area contributed by atoms with Crippen molar-refractivity contribution < 1.29 is 14.3 Å². The highest BCUT2D eigenvalue weighted by atomic mass is 16.5. The van der Waals surface area contributed by atoms with Gasteiger partial charge in [0, 0.05) is 37.7 Å². The van der Waals surface area contributed by atoms with Crippen molar-refractivity contribution in [3.63, 3.8) is 0 Å². The average molecular weight is 425 g/mol. The van der Waals surface area contributed by atoms with E-state index in [2.05, 4.69) is 42.3 Å². The van der Waals surface area contributed by atoms with Gasteiger partial charge in [-0.25, -0.2) is 0 Å². The number of methoxy groups -OCH3 is 2. The Balaban J connectivity index is 1.45. The highest BCUT2D eigenvalue weighted by Crippen LogP contribution is 2.25. The zero-order valence-electron chi connectivity index (χ0n) is 19.4. The van der Waals surface area contributed by atoms with E-state index in [9.17, 15) is 4.79 Å². The number of likely N-dealkylation sites (tertiary alicyclic amines) is 1. The zero-order chi connectivity index (χ0) is 22.2. The van der Waals surface area contributed by atoms with E-state index in [0.717, 1.165) is 43.1 Å². The molecule has 168 valence electrons. The van der Waals surface area contributed by atoms with Gasteiger partial charge in [-0.15, -0.1) is 0 Å². The number of carbonyl (C=O) groups excluding carboxylic acids is 1. The fraction of sp³-hybridized carbons (Fsp3) is 0.500. The summed E-state index contributed by atoms with van der Waals surface area (Å²) in [4.78, 5) is 15.0. The second kappa shape index (κ2) is 11.2. The van der Waals surface area contributed by atoms with Crippen molar-refractivity contribution in [3.05, 3.63) is 58.7 Å². The molecule has 1 N–H and O–H groups in total. The van der Waals surface area contributed by atoms with Crippen LogP contribution in [0.3, 0.4) is 0 Å². The van der Waals surface area contributed by atoms with Crippen LogP contribution in [-0.4, -0.2) is 38.1 Å². The minimum Gasteiger partial charge on any atom is -0.497 e. The van der Waals surface area contributed by atoms with Crippen LogP contribution < -0.4 is 14.8 Å². The molecule has 1 fully saturated rings. The van der Waals surface area contributed by atoms with Gasteiger partial charge in [-0.05, 0) is 68.8 Å². The minimum atomic E-state index is 0.101. The van der Waals surface area contributed by atoms with Crippen LogP contribution in [0.5, 0.6) is 11.5 Å². The van der Waals surface area contributed by atoms with Gasteiger partial charge in [0.15, 0.2) is 0 Å². The molecule has 0 aliphatic carbocycles. The second-order valence-corrected chi connectivity index (χ2v) is 8.67. The van der Waals surface area contributed by atoms with Crippen molar-refractivity contribution in [2.75, 3.05) is 27.3 Å². The monoisotopic (exact) mass is 424 g/mol. The molecular weight excluding hydrogens is 388 g/mol. The molecule has 1 atom stereocenters. The second-order valence-electron chi connectivity index (χ2n) is 8.67. The first-order chi connectivity index (χ1) is 15.0. The molecule has 2 aromatic carbocycles. The quantitative estimate of drug-likeness (QED) is 0.638. The predicted octanol–water partition coefficient (Wildman–Crippen LogP) is 4.63. The Kier molecular flexibility index (Phi) is 8.35. The Bertz CT molecular complexity index is 881. The van der Waals surface area contributed by atoms with E-state index in [1.165, 1.54) is 29.5 Å². The summed E-state index contributed by atoms with van der Waals surface area (Å²) >= 11 is 0. The molecule has 0 aromatic heterocycles. The van der Waals surface area contributed by atoms with Crippen LogP contribution in [0.2, 0.25) is 0 Å². The fourth-order valence-corrected chi connectivity index (χ4v) is 4.36. The summed E-state index contributed by atoms with van der Waals surface area (Å²) in [6.45, 7) is 8.05. The topological polar surface area (TPSA) is 50.8 Å². The fourth-order valence-electron chi connectivity index (χ4n) is 4.36. The maximum atomic E-state index is 12.4. The van der Waals surface area contributed by atoms with Gasteiger partial charge in [0.2, 0.25) is 5.91 Å². The van der Waals surface area contributed by atoms with Crippen molar-refractivity contribution in [2.24, 2.45) is 5.92 Å². The smallest absolute Gasteiger partial charge is 0.220 e. The Labute approximate surface area is 186 Å². The first-order valence-electron chi connectivity index (χ1n) is 11.2. The molecule has 0 radical (unpaired) electrons. The predicted molar refractivity (Wildman–Crippen MR) is 125 cm³/mol. The highest BCUT2D eigenvalue weighted by molar-refractivity contribution is 5.75. The molecule has 1 amide bonds. The third kappa shape index (κ3) is 6.73. The lowest BCUT2D eigenvalue weighted by molar-refractivity contribution is -0.121. The van der Waals surface area contributed by atoms with Crippen molar-refractivity contribution in [2.45, 2.75) is 52.6 Å². The molecule has 1 unspecified atom stereocenters. The first-order valence-corrected chi connectivity index (χ1v) is 11.2. The van der Waals surface area contributed by atoms with Crippen molar-refractivity contribution in [1.29, 1.82) is 0 Å². The minimum absolute atomic E-state index is 0.101. The van der Waals surface area contributed by atoms with E-state index in [1.807, 2.05) is 18.2 Å². The number of carbonyl (C=O) groups is 1. The van der Waals surface area contributed by atoms with Crippen molar-refractivity contribution in [1.82, 2.24) is 10.2 Å². The first kappa shape index (κ1) is 23.1. The number of nitrogens with one attached hydrogen (secondary N) is 1. The van der Waals surface area contributed by atoms with E-state index in [-0.39, 0.29) is 5.91 Å². The molecule has 1 aliphatic heterocycles. The van der Waals surface area contributed by atoms with Gasteiger partial charge in [-0.2, -0.15) is 0 Å².